The zero-order valence-corrected chi connectivity index (χ0v) is 18.9. The summed E-state index contributed by atoms with van der Waals surface area (Å²) >= 11 is 0. The van der Waals surface area contributed by atoms with Crippen LogP contribution in [0.25, 0.3) is 0 Å². The van der Waals surface area contributed by atoms with Gasteiger partial charge in [0, 0.05) is 12.5 Å². The van der Waals surface area contributed by atoms with Gasteiger partial charge < -0.3 is 9.47 Å². The van der Waals surface area contributed by atoms with Gasteiger partial charge in [-0.05, 0) is 79.2 Å². The Morgan fingerprint density at radius 3 is 2.34 bits per heavy atom. The van der Waals surface area contributed by atoms with E-state index in [0.29, 0.717) is 30.3 Å². The predicted octanol–water partition coefficient (Wildman–Crippen LogP) is 7.33. The summed E-state index contributed by atoms with van der Waals surface area (Å²) in [7, 11) is 0. The van der Waals surface area contributed by atoms with Crippen molar-refractivity contribution in [1.29, 1.82) is 0 Å². The Kier molecular flexibility index (Phi) is 7.77. The lowest BCUT2D eigenvalue weighted by molar-refractivity contribution is -0.0948. The van der Waals surface area contributed by atoms with Crippen LogP contribution in [0.2, 0.25) is 0 Å². The van der Waals surface area contributed by atoms with Crippen molar-refractivity contribution in [2.24, 2.45) is 11.8 Å². The first-order valence-corrected chi connectivity index (χ1v) is 11.5. The van der Waals surface area contributed by atoms with E-state index in [2.05, 4.69) is 76.2 Å². The maximum atomic E-state index is 6.41. The maximum Gasteiger partial charge on any atom is 0.206 e. The van der Waals surface area contributed by atoms with Crippen LogP contribution in [0.1, 0.15) is 82.4 Å². The van der Waals surface area contributed by atoms with Gasteiger partial charge in [-0.1, -0.05) is 64.1 Å². The van der Waals surface area contributed by atoms with Gasteiger partial charge in [0.1, 0.15) is 5.75 Å². The Bertz CT molecular complexity index is 747. The minimum atomic E-state index is -0.233. The summed E-state index contributed by atoms with van der Waals surface area (Å²) in [6, 6.07) is 17.5. The second-order valence-corrected chi connectivity index (χ2v) is 9.19. The standard InChI is InChI=1S/C27H38O2/c1-6-28-27(25-13-9-11-21-10-7-8-12-24(21)25)29-23-16-14-22(15-17-23)26(20(4)5)18-19(2)3/h7-8,10,12,14-17,19-20,25-27H,6,9,11,13,18H2,1-5H3. The first kappa shape index (κ1) is 21.9. The Balaban J connectivity index is 1.76. The minimum Gasteiger partial charge on any atom is -0.464 e. The largest absolute Gasteiger partial charge is 0.464 e. The molecule has 2 nitrogen and oxygen atoms in total. The van der Waals surface area contributed by atoms with Crippen molar-refractivity contribution in [2.75, 3.05) is 6.61 Å². The molecule has 0 N–H and O–H groups in total. The van der Waals surface area contributed by atoms with Crippen molar-refractivity contribution >= 4 is 0 Å². The zero-order valence-electron chi connectivity index (χ0n) is 18.9. The molecule has 158 valence electrons. The van der Waals surface area contributed by atoms with Gasteiger partial charge in [0.2, 0.25) is 6.29 Å². The van der Waals surface area contributed by atoms with Crippen molar-refractivity contribution < 1.29 is 9.47 Å². The first-order chi connectivity index (χ1) is 14.0. The summed E-state index contributed by atoms with van der Waals surface area (Å²) in [6.07, 6.45) is 4.46. The molecular formula is C27H38O2. The third kappa shape index (κ3) is 5.63. The van der Waals surface area contributed by atoms with Crippen LogP contribution in [0.4, 0.5) is 0 Å². The van der Waals surface area contributed by atoms with Gasteiger partial charge in [0.25, 0.3) is 0 Å². The van der Waals surface area contributed by atoms with Crippen LogP contribution in [0, 0.1) is 11.8 Å². The van der Waals surface area contributed by atoms with Crippen molar-refractivity contribution in [1.82, 2.24) is 0 Å². The van der Waals surface area contributed by atoms with E-state index in [0.717, 1.165) is 18.6 Å². The van der Waals surface area contributed by atoms with Crippen LogP contribution in [-0.4, -0.2) is 12.9 Å². The molecule has 0 radical (unpaired) electrons. The number of fused-ring (bicyclic) bond motifs is 1. The summed E-state index contributed by atoms with van der Waals surface area (Å²) in [5.41, 5.74) is 4.25. The third-order valence-corrected chi connectivity index (χ3v) is 6.17. The van der Waals surface area contributed by atoms with Crippen LogP contribution < -0.4 is 4.74 Å². The van der Waals surface area contributed by atoms with Crippen molar-refractivity contribution in [2.45, 2.75) is 78.4 Å². The quantitative estimate of drug-likeness (QED) is 0.414. The fourth-order valence-electron chi connectivity index (χ4n) is 4.70. The van der Waals surface area contributed by atoms with Crippen molar-refractivity contribution in [3.63, 3.8) is 0 Å². The normalized spacial score (nSPS) is 18.5. The lowest BCUT2D eigenvalue weighted by Crippen LogP contribution is -2.31. The molecule has 3 atom stereocenters. The summed E-state index contributed by atoms with van der Waals surface area (Å²) in [4.78, 5) is 0. The summed E-state index contributed by atoms with van der Waals surface area (Å²) in [5, 5.41) is 0. The molecule has 0 fully saturated rings. The highest BCUT2D eigenvalue weighted by atomic mass is 16.7. The van der Waals surface area contributed by atoms with Crippen LogP contribution in [0.15, 0.2) is 48.5 Å². The van der Waals surface area contributed by atoms with Crippen molar-refractivity contribution in [3.8, 4) is 5.75 Å². The van der Waals surface area contributed by atoms with E-state index in [9.17, 15) is 0 Å². The molecule has 3 rings (SSSR count). The smallest absolute Gasteiger partial charge is 0.206 e. The highest BCUT2D eigenvalue weighted by Crippen LogP contribution is 2.37. The molecule has 0 amide bonds. The van der Waals surface area contributed by atoms with E-state index in [1.807, 2.05) is 6.92 Å². The molecule has 0 aromatic heterocycles. The Hall–Kier alpha value is -1.80. The van der Waals surface area contributed by atoms with Gasteiger partial charge in [0.05, 0.1) is 0 Å². The average Bonchev–Trinajstić information content (AvgIpc) is 2.71. The highest BCUT2D eigenvalue weighted by molar-refractivity contribution is 5.34. The Labute approximate surface area is 177 Å². The van der Waals surface area contributed by atoms with Crippen LogP contribution in [0.5, 0.6) is 5.75 Å². The second kappa shape index (κ2) is 10.3. The molecule has 0 aliphatic heterocycles. The summed E-state index contributed by atoms with van der Waals surface area (Å²) < 4.78 is 12.5. The molecule has 1 aliphatic rings. The van der Waals surface area contributed by atoms with Gasteiger partial charge in [-0.3, -0.25) is 0 Å². The zero-order chi connectivity index (χ0) is 20.8. The number of rotatable bonds is 9. The lowest BCUT2D eigenvalue weighted by atomic mass is 9.82. The van der Waals surface area contributed by atoms with Crippen LogP contribution in [-0.2, 0) is 11.2 Å². The molecule has 3 unspecified atom stereocenters. The van der Waals surface area contributed by atoms with E-state index in [4.69, 9.17) is 9.47 Å². The molecule has 2 aromatic rings. The second-order valence-electron chi connectivity index (χ2n) is 9.19. The van der Waals surface area contributed by atoms with E-state index in [1.165, 1.54) is 29.5 Å². The van der Waals surface area contributed by atoms with Crippen molar-refractivity contribution in [3.05, 3.63) is 65.2 Å². The molecule has 1 aliphatic carbocycles. The summed E-state index contributed by atoms with van der Waals surface area (Å²) in [5.74, 6) is 3.13. The topological polar surface area (TPSA) is 18.5 Å². The van der Waals surface area contributed by atoms with E-state index in [1.54, 1.807) is 0 Å². The number of hydrogen-bond donors (Lipinski definition) is 0. The molecule has 2 heteroatoms. The molecule has 0 heterocycles. The average molecular weight is 395 g/mol. The SMILES string of the molecule is CCOC(Oc1ccc(C(CC(C)C)C(C)C)cc1)C1CCCc2ccccc21. The van der Waals surface area contributed by atoms with E-state index >= 15 is 0 Å². The highest BCUT2D eigenvalue weighted by Gasteiger charge is 2.30. The first-order valence-electron chi connectivity index (χ1n) is 11.5. The number of benzene rings is 2. The number of hydrogen-bond acceptors (Lipinski definition) is 2. The Morgan fingerprint density at radius 2 is 1.69 bits per heavy atom. The monoisotopic (exact) mass is 394 g/mol. The maximum absolute atomic E-state index is 6.41. The minimum absolute atomic E-state index is 0.233. The van der Waals surface area contributed by atoms with Gasteiger partial charge in [0.15, 0.2) is 0 Å². The van der Waals surface area contributed by atoms with Gasteiger partial charge in [-0.25, -0.2) is 0 Å². The fourth-order valence-corrected chi connectivity index (χ4v) is 4.70. The summed E-state index contributed by atoms with van der Waals surface area (Å²) in [6.45, 7) is 12.0. The Morgan fingerprint density at radius 1 is 0.966 bits per heavy atom. The van der Waals surface area contributed by atoms with Gasteiger partial charge in [-0.2, -0.15) is 0 Å². The molecule has 0 saturated carbocycles. The number of ether oxygens (including phenoxy) is 2. The fraction of sp³-hybridized carbons (Fsp3) is 0.556. The van der Waals surface area contributed by atoms with E-state index in [-0.39, 0.29) is 6.29 Å². The predicted molar refractivity (Wildman–Crippen MR) is 122 cm³/mol. The van der Waals surface area contributed by atoms with Gasteiger partial charge >= 0.3 is 0 Å². The molecule has 29 heavy (non-hydrogen) atoms. The molecular weight excluding hydrogens is 356 g/mol. The molecule has 2 aromatic carbocycles. The lowest BCUT2D eigenvalue weighted by Gasteiger charge is -2.32. The molecule has 0 bridgehead atoms. The van der Waals surface area contributed by atoms with Gasteiger partial charge in [-0.15, -0.1) is 0 Å². The van der Waals surface area contributed by atoms with Crippen LogP contribution in [0.3, 0.4) is 0 Å². The number of aryl methyl sites for hydroxylation is 1. The molecule has 0 saturated heterocycles. The third-order valence-electron chi connectivity index (χ3n) is 6.17. The molecule has 0 spiro atoms. The van der Waals surface area contributed by atoms with E-state index < -0.39 is 0 Å². The van der Waals surface area contributed by atoms with Crippen LogP contribution >= 0.6 is 0 Å².